The van der Waals surface area contributed by atoms with Gasteiger partial charge in [-0.05, 0) is 55.9 Å². The first-order valence-electron chi connectivity index (χ1n) is 13.2. The highest BCUT2D eigenvalue weighted by Crippen LogP contribution is 2.37. The summed E-state index contributed by atoms with van der Waals surface area (Å²) in [6, 6.07) is 13.4. The van der Waals surface area contributed by atoms with E-state index in [9.17, 15) is 9.59 Å². The normalized spacial score (nSPS) is 17.7. The average molecular weight is 542 g/mol. The van der Waals surface area contributed by atoms with E-state index in [-0.39, 0.29) is 34.8 Å². The Morgan fingerprint density at radius 3 is 2.58 bits per heavy atom. The van der Waals surface area contributed by atoms with Crippen LogP contribution in [0, 0.1) is 11.7 Å². The van der Waals surface area contributed by atoms with Crippen LogP contribution in [-0.4, -0.2) is 49.6 Å². The van der Waals surface area contributed by atoms with Crippen LogP contribution in [0.2, 0.25) is 0 Å². The van der Waals surface area contributed by atoms with E-state index in [1.807, 2.05) is 18.2 Å². The number of benzene rings is 2. The predicted molar refractivity (Wildman–Crippen MR) is 146 cm³/mol. The Kier molecular flexibility index (Phi) is 6.63. The first-order chi connectivity index (χ1) is 19.4. The average Bonchev–Trinajstić information content (AvgIpc) is 3.70. The van der Waals surface area contributed by atoms with Crippen molar-refractivity contribution in [3.8, 4) is 22.8 Å². The van der Waals surface area contributed by atoms with Crippen LogP contribution in [0.5, 0.6) is 11.5 Å². The summed E-state index contributed by atoms with van der Waals surface area (Å²) in [5, 5.41) is 5.18. The molecule has 1 aliphatic heterocycles. The molecule has 204 valence electrons. The second kappa shape index (κ2) is 10.4. The third kappa shape index (κ3) is 4.97. The highest BCUT2D eigenvalue weighted by atomic mass is 19.1. The second-order valence-corrected chi connectivity index (χ2v) is 10.1. The number of aromatic nitrogens is 4. The van der Waals surface area contributed by atoms with Gasteiger partial charge in [-0.3, -0.25) is 9.59 Å². The number of ether oxygens (including phenoxy) is 1. The fourth-order valence-electron chi connectivity index (χ4n) is 5.08. The molecule has 3 heterocycles. The molecule has 40 heavy (non-hydrogen) atoms. The number of carbonyl (C=O) groups excluding carboxylic acids is 2. The number of piperidine rings is 1. The Hall–Kier alpha value is -4.80. The minimum atomic E-state index is -0.721. The van der Waals surface area contributed by atoms with E-state index >= 15 is 4.39 Å². The lowest BCUT2D eigenvalue weighted by atomic mass is 10.0. The number of nitrogens with two attached hydrogens (primary N) is 2. The Morgan fingerprint density at radius 1 is 1.05 bits per heavy atom. The molecule has 6 rings (SSSR count). The first-order valence-corrected chi connectivity index (χ1v) is 13.2. The maximum atomic E-state index is 15.5. The van der Waals surface area contributed by atoms with E-state index in [2.05, 4.69) is 9.97 Å². The zero-order valence-corrected chi connectivity index (χ0v) is 21.7. The molecule has 0 bridgehead atoms. The number of nitrogens with zero attached hydrogens (tertiary/aromatic N) is 5. The summed E-state index contributed by atoms with van der Waals surface area (Å²) in [6.07, 6.45) is 6.31. The number of halogens is 1. The summed E-state index contributed by atoms with van der Waals surface area (Å²) < 4.78 is 22.9. The molecule has 1 saturated heterocycles. The van der Waals surface area contributed by atoms with Gasteiger partial charge in [0, 0.05) is 24.7 Å². The summed E-state index contributed by atoms with van der Waals surface area (Å²) in [4.78, 5) is 35.5. The van der Waals surface area contributed by atoms with Crippen LogP contribution < -0.4 is 16.2 Å². The van der Waals surface area contributed by atoms with Gasteiger partial charge in [0.25, 0.3) is 11.8 Å². The van der Waals surface area contributed by atoms with Crippen molar-refractivity contribution >= 4 is 28.7 Å². The smallest absolute Gasteiger partial charge is 0.259 e. The fourth-order valence-corrected chi connectivity index (χ4v) is 5.08. The first kappa shape index (κ1) is 25.5. The molecule has 4 N–H and O–H groups in total. The van der Waals surface area contributed by atoms with Gasteiger partial charge >= 0.3 is 0 Å². The van der Waals surface area contributed by atoms with Crippen molar-refractivity contribution in [3.05, 3.63) is 72.3 Å². The number of hydrogen-bond donors (Lipinski definition) is 2. The van der Waals surface area contributed by atoms with Gasteiger partial charge in [0.2, 0.25) is 0 Å². The molecule has 1 atom stereocenters. The summed E-state index contributed by atoms with van der Waals surface area (Å²) in [5.74, 6) is -0.321. The molecule has 2 fully saturated rings. The zero-order valence-electron chi connectivity index (χ0n) is 21.7. The lowest BCUT2D eigenvalue weighted by molar-refractivity contribution is -0.131. The monoisotopic (exact) mass is 541 g/mol. The molecular formula is C29H28FN7O3. The number of para-hydroxylation sites is 1. The Morgan fingerprint density at radius 2 is 1.85 bits per heavy atom. The summed E-state index contributed by atoms with van der Waals surface area (Å²) >= 11 is 0. The number of fused-ring (bicyclic) bond motifs is 1. The number of primary amides is 1. The van der Waals surface area contributed by atoms with E-state index in [4.69, 9.17) is 21.3 Å². The van der Waals surface area contributed by atoms with Crippen LogP contribution >= 0.6 is 0 Å². The minimum Gasteiger partial charge on any atom is -0.457 e. The molecule has 2 aromatic heterocycles. The van der Waals surface area contributed by atoms with Crippen LogP contribution in [0.1, 0.15) is 31.7 Å². The molecule has 1 unspecified atom stereocenters. The van der Waals surface area contributed by atoms with Gasteiger partial charge in [-0.2, -0.15) is 5.10 Å². The second-order valence-electron chi connectivity index (χ2n) is 10.1. The molecule has 0 spiro atoms. The standard InChI is InChI=1S/C29H28FN7O3/c30-23-14-20(40-19-6-2-1-3-7-19)10-11-21(23)25-24-26(31)33-16-34-28(24)37(35-25)18-5-4-12-36(15-18)29(39)22(27(32)38)13-17-8-9-17/h1-3,6-7,10-11,13-14,16-18H,4-5,8-9,12,15H2,(H2,32,38)(H2,31,33,34). The molecule has 0 radical (unpaired) electrons. The van der Waals surface area contributed by atoms with E-state index < -0.39 is 11.7 Å². The number of nitrogen functional groups attached to an aromatic ring is 1. The summed E-state index contributed by atoms with van der Waals surface area (Å²) in [7, 11) is 0. The van der Waals surface area contributed by atoms with Crippen molar-refractivity contribution in [1.29, 1.82) is 0 Å². The van der Waals surface area contributed by atoms with E-state index in [1.165, 1.54) is 12.4 Å². The van der Waals surface area contributed by atoms with Gasteiger partial charge in [-0.1, -0.05) is 24.3 Å². The van der Waals surface area contributed by atoms with Gasteiger partial charge in [0.15, 0.2) is 5.65 Å². The van der Waals surface area contributed by atoms with Gasteiger partial charge < -0.3 is 21.1 Å². The van der Waals surface area contributed by atoms with Crippen LogP contribution in [0.25, 0.3) is 22.3 Å². The van der Waals surface area contributed by atoms with Crippen molar-refractivity contribution in [2.45, 2.75) is 31.7 Å². The number of rotatable bonds is 7. The number of likely N-dealkylation sites (tertiary alicyclic amines) is 1. The Bertz CT molecular complexity index is 1630. The maximum Gasteiger partial charge on any atom is 0.259 e. The van der Waals surface area contributed by atoms with Gasteiger partial charge in [0.05, 0.1) is 11.4 Å². The Labute approximate surface area is 229 Å². The molecular weight excluding hydrogens is 513 g/mol. The van der Waals surface area contributed by atoms with Crippen molar-refractivity contribution in [2.75, 3.05) is 18.8 Å². The lowest BCUT2D eigenvalue weighted by Gasteiger charge is -2.33. The van der Waals surface area contributed by atoms with Crippen LogP contribution in [0.4, 0.5) is 10.2 Å². The van der Waals surface area contributed by atoms with Crippen molar-refractivity contribution < 1.29 is 18.7 Å². The van der Waals surface area contributed by atoms with E-state index in [0.717, 1.165) is 12.8 Å². The van der Waals surface area contributed by atoms with E-state index in [0.29, 0.717) is 54.2 Å². The van der Waals surface area contributed by atoms with Gasteiger partial charge in [-0.25, -0.2) is 19.0 Å². The number of carbonyl (C=O) groups is 2. The quantitative estimate of drug-likeness (QED) is 0.205. The predicted octanol–water partition coefficient (Wildman–Crippen LogP) is 3.99. The molecule has 1 saturated carbocycles. The molecule has 2 amide bonds. The molecule has 10 nitrogen and oxygen atoms in total. The van der Waals surface area contributed by atoms with Crippen molar-refractivity contribution in [2.24, 2.45) is 11.7 Å². The molecule has 2 aromatic carbocycles. The topological polar surface area (TPSA) is 142 Å². The highest BCUT2D eigenvalue weighted by molar-refractivity contribution is 6.17. The third-order valence-electron chi connectivity index (χ3n) is 7.24. The van der Waals surface area contributed by atoms with Gasteiger partial charge in [0.1, 0.15) is 40.7 Å². The number of anilines is 1. The maximum absolute atomic E-state index is 15.5. The van der Waals surface area contributed by atoms with Crippen molar-refractivity contribution in [3.63, 3.8) is 0 Å². The SMILES string of the molecule is NC(=O)C(=CC1CC1)C(=O)N1CCCC(n2nc(-c3ccc(Oc4ccccc4)cc3F)c3c(N)ncnc32)C1. The number of hydrogen-bond acceptors (Lipinski definition) is 7. The van der Waals surface area contributed by atoms with Gasteiger partial charge in [-0.15, -0.1) is 0 Å². The molecule has 2 aliphatic rings. The molecule has 11 heteroatoms. The number of amides is 2. The lowest BCUT2D eigenvalue weighted by Crippen LogP contribution is -2.43. The Balaban J connectivity index is 1.33. The third-order valence-corrected chi connectivity index (χ3v) is 7.24. The highest BCUT2D eigenvalue weighted by Gasteiger charge is 2.33. The van der Waals surface area contributed by atoms with Crippen LogP contribution in [-0.2, 0) is 9.59 Å². The largest absolute Gasteiger partial charge is 0.457 e. The number of allylic oxidation sites excluding steroid dienone is 1. The molecule has 4 aromatic rings. The van der Waals surface area contributed by atoms with E-state index in [1.54, 1.807) is 39.9 Å². The van der Waals surface area contributed by atoms with Crippen molar-refractivity contribution in [1.82, 2.24) is 24.6 Å². The summed E-state index contributed by atoms with van der Waals surface area (Å²) in [6.45, 7) is 0.784. The minimum absolute atomic E-state index is 0.0283. The van der Waals surface area contributed by atoms with Crippen LogP contribution in [0.3, 0.4) is 0 Å². The fraction of sp³-hybridized carbons (Fsp3) is 0.276. The zero-order chi connectivity index (χ0) is 27.8. The summed E-state index contributed by atoms with van der Waals surface area (Å²) in [5.41, 5.74) is 12.8. The van der Waals surface area contributed by atoms with Crippen LogP contribution in [0.15, 0.2) is 66.5 Å². The molecule has 1 aliphatic carbocycles.